The van der Waals surface area contributed by atoms with Crippen LogP contribution in [0.15, 0.2) is 36.4 Å². The molecule has 2 aliphatic rings. The smallest absolute Gasteiger partial charge is 0.736 e. The normalized spacial score (nSPS) is 19.7. The quantitative estimate of drug-likeness (QED) is 0.370. The van der Waals surface area contributed by atoms with Gasteiger partial charge < -0.3 is 13.9 Å². The van der Waals surface area contributed by atoms with Crippen LogP contribution in [0.1, 0.15) is 89.2 Å². The van der Waals surface area contributed by atoms with Crippen LogP contribution < -0.4 is 43.5 Å². The number of hydrogen-bond donors (Lipinski definition) is 0. The molecule has 2 saturated carbocycles. The SMILES string of the molecule is CC1(c2cc(Cl)ccc2OP(=O)([O-])Oc2ccc(Cl)cc2C2(C)CCCCC2)CCCCC1.[Na+]. The molecule has 0 heterocycles. The van der Waals surface area contributed by atoms with E-state index in [1.165, 1.54) is 12.8 Å². The summed E-state index contributed by atoms with van der Waals surface area (Å²) in [4.78, 5) is 13.1. The van der Waals surface area contributed by atoms with Gasteiger partial charge in [-0.15, -0.1) is 0 Å². The second-order valence-corrected chi connectivity index (χ2v) is 12.3. The Labute approximate surface area is 235 Å². The Morgan fingerprint density at radius 3 is 1.44 bits per heavy atom. The van der Waals surface area contributed by atoms with Gasteiger partial charge in [-0.25, -0.2) is 4.57 Å². The Hall–Kier alpha value is -0.190. The molecular formula is C26H32Cl2NaO4P. The Balaban J connectivity index is 0.00000324. The third-order valence-corrected chi connectivity index (χ3v) is 8.83. The van der Waals surface area contributed by atoms with Crippen LogP contribution in [-0.2, 0) is 15.4 Å². The van der Waals surface area contributed by atoms with E-state index in [0.29, 0.717) is 21.5 Å². The number of benzene rings is 2. The van der Waals surface area contributed by atoms with E-state index in [1.54, 1.807) is 24.3 Å². The molecule has 2 aromatic rings. The standard InChI is InChI=1S/C26H33Cl2O4P.Na/c1-25(13-5-3-6-14-25)21-17-19(27)9-11-23(21)31-33(29,30)32-24-12-10-20(28)18-22(24)26(2)15-7-4-8-16-26;/h9-12,17-18H,3-8,13-16H2,1-2H3,(H,29,30);/q;+1/p-1. The summed E-state index contributed by atoms with van der Waals surface area (Å²) in [6.45, 7) is 4.31. The van der Waals surface area contributed by atoms with Crippen LogP contribution in [0.4, 0.5) is 0 Å². The van der Waals surface area contributed by atoms with Gasteiger partial charge in [0.2, 0.25) is 0 Å². The summed E-state index contributed by atoms with van der Waals surface area (Å²) >= 11 is 12.6. The molecule has 8 heteroatoms. The van der Waals surface area contributed by atoms with Crippen LogP contribution in [0.3, 0.4) is 0 Å². The molecule has 0 aliphatic heterocycles. The first kappa shape index (κ1) is 28.4. The Morgan fingerprint density at radius 1 is 0.735 bits per heavy atom. The van der Waals surface area contributed by atoms with Crippen LogP contribution in [0.25, 0.3) is 0 Å². The second-order valence-electron chi connectivity index (χ2n) is 10.2. The molecule has 0 amide bonds. The van der Waals surface area contributed by atoms with Crippen molar-refractivity contribution in [1.82, 2.24) is 0 Å². The van der Waals surface area contributed by atoms with Crippen LogP contribution in [0, 0.1) is 0 Å². The van der Waals surface area contributed by atoms with Crippen LogP contribution in [0.2, 0.25) is 10.0 Å². The van der Waals surface area contributed by atoms with E-state index in [4.69, 9.17) is 32.2 Å². The molecule has 4 nitrogen and oxygen atoms in total. The van der Waals surface area contributed by atoms with Crippen molar-refractivity contribution < 1.29 is 48.1 Å². The van der Waals surface area contributed by atoms with E-state index in [-0.39, 0.29) is 40.4 Å². The first-order chi connectivity index (χ1) is 15.6. The number of halogens is 2. The fraction of sp³-hybridized carbons (Fsp3) is 0.538. The fourth-order valence-corrected chi connectivity index (χ4v) is 6.75. The topological polar surface area (TPSA) is 58.6 Å². The average molecular weight is 533 g/mol. The molecule has 2 fully saturated rings. The summed E-state index contributed by atoms with van der Waals surface area (Å²) in [7, 11) is -4.72. The van der Waals surface area contributed by atoms with Gasteiger partial charge in [0.05, 0.1) is 0 Å². The second kappa shape index (κ2) is 11.5. The minimum atomic E-state index is -4.72. The minimum absolute atomic E-state index is 0. The predicted octanol–water partition coefficient (Wildman–Crippen LogP) is 5.37. The Morgan fingerprint density at radius 2 is 1.09 bits per heavy atom. The molecule has 2 aliphatic carbocycles. The average Bonchev–Trinajstić information content (AvgIpc) is 2.77. The van der Waals surface area contributed by atoms with E-state index >= 15 is 0 Å². The van der Waals surface area contributed by atoms with E-state index in [2.05, 4.69) is 13.8 Å². The van der Waals surface area contributed by atoms with Crippen molar-refractivity contribution in [2.75, 3.05) is 0 Å². The first-order valence-corrected chi connectivity index (χ1v) is 14.1. The summed E-state index contributed by atoms with van der Waals surface area (Å²) in [5.74, 6) is 0.586. The Kier molecular flexibility index (Phi) is 9.57. The maximum Gasteiger partial charge on any atom is 1.00 e. The van der Waals surface area contributed by atoms with Crippen LogP contribution in [-0.4, -0.2) is 0 Å². The van der Waals surface area contributed by atoms with Crippen LogP contribution in [0.5, 0.6) is 11.5 Å². The number of phosphoric acid groups is 1. The van der Waals surface area contributed by atoms with E-state index in [1.807, 2.05) is 12.1 Å². The van der Waals surface area contributed by atoms with Crippen molar-refractivity contribution in [2.24, 2.45) is 0 Å². The maximum atomic E-state index is 13.1. The number of phosphoric ester groups is 1. The predicted molar refractivity (Wildman–Crippen MR) is 133 cm³/mol. The molecule has 0 radical (unpaired) electrons. The van der Waals surface area contributed by atoms with Gasteiger partial charge in [-0.2, -0.15) is 0 Å². The third-order valence-electron chi connectivity index (χ3n) is 7.52. The summed E-state index contributed by atoms with van der Waals surface area (Å²) < 4.78 is 24.3. The van der Waals surface area contributed by atoms with Crippen molar-refractivity contribution >= 4 is 31.0 Å². The summed E-state index contributed by atoms with van der Waals surface area (Å²) in [5.41, 5.74) is 1.29. The molecule has 0 bridgehead atoms. The monoisotopic (exact) mass is 532 g/mol. The third kappa shape index (κ3) is 6.57. The molecule has 0 aromatic heterocycles. The van der Waals surface area contributed by atoms with Crippen molar-refractivity contribution in [3.8, 4) is 11.5 Å². The summed E-state index contributed by atoms with van der Waals surface area (Å²) in [6, 6.07) is 10.2. The van der Waals surface area contributed by atoms with Gasteiger partial charge in [-0.1, -0.05) is 75.6 Å². The largest absolute Gasteiger partial charge is 1.00 e. The molecule has 0 saturated heterocycles. The molecule has 0 N–H and O–H groups in total. The summed E-state index contributed by atoms with van der Waals surface area (Å²) in [6.07, 6.45) is 10.6. The van der Waals surface area contributed by atoms with E-state index in [9.17, 15) is 9.46 Å². The molecule has 2 aromatic carbocycles. The molecule has 0 unspecified atom stereocenters. The molecular weight excluding hydrogens is 501 g/mol. The molecule has 0 atom stereocenters. The number of rotatable bonds is 6. The van der Waals surface area contributed by atoms with Crippen molar-refractivity contribution in [3.05, 3.63) is 57.6 Å². The molecule has 34 heavy (non-hydrogen) atoms. The fourth-order valence-electron chi connectivity index (χ4n) is 5.57. The van der Waals surface area contributed by atoms with Gasteiger partial charge in [-0.3, -0.25) is 0 Å². The zero-order chi connectivity index (χ0) is 23.7. The van der Waals surface area contributed by atoms with E-state index in [0.717, 1.165) is 62.5 Å². The number of hydrogen-bond acceptors (Lipinski definition) is 4. The maximum absolute atomic E-state index is 13.1. The minimum Gasteiger partial charge on any atom is -0.736 e. The molecule has 4 rings (SSSR count). The van der Waals surface area contributed by atoms with Gasteiger partial charge in [0.25, 0.3) is 0 Å². The Bertz CT molecular complexity index is 970. The van der Waals surface area contributed by atoms with Gasteiger partial charge >= 0.3 is 37.4 Å². The van der Waals surface area contributed by atoms with Crippen molar-refractivity contribution in [1.29, 1.82) is 0 Å². The molecule has 0 spiro atoms. The van der Waals surface area contributed by atoms with Gasteiger partial charge in [0.15, 0.2) is 0 Å². The van der Waals surface area contributed by atoms with Crippen molar-refractivity contribution in [2.45, 2.75) is 88.9 Å². The zero-order valence-electron chi connectivity index (χ0n) is 20.4. The van der Waals surface area contributed by atoms with E-state index < -0.39 is 7.82 Å². The van der Waals surface area contributed by atoms with Gasteiger partial charge in [0.1, 0.15) is 11.5 Å². The first-order valence-electron chi connectivity index (χ1n) is 11.9. The van der Waals surface area contributed by atoms with Gasteiger partial charge in [0, 0.05) is 21.2 Å². The molecule has 180 valence electrons. The summed E-state index contributed by atoms with van der Waals surface area (Å²) in [5, 5.41) is 1.13. The van der Waals surface area contributed by atoms with Gasteiger partial charge in [-0.05, 0) is 72.9 Å². The van der Waals surface area contributed by atoms with Crippen molar-refractivity contribution in [3.63, 3.8) is 0 Å². The zero-order valence-corrected chi connectivity index (χ0v) is 24.8. The van der Waals surface area contributed by atoms with Crippen LogP contribution >= 0.6 is 31.0 Å².